The van der Waals surface area contributed by atoms with Gasteiger partial charge in [0.2, 0.25) is 10.0 Å². The van der Waals surface area contributed by atoms with E-state index in [1.165, 1.54) is 18.2 Å². The number of fused-ring (bicyclic) bond motifs is 3. The van der Waals surface area contributed by atoms with Crippen LogP contribution in [-0.4, -0.2) is 20.9 Å². The fourth-order valence-corrected chi connectivity index (χ4v) is 4.56. The number of nitrogens with one attached hydrogen (secondary N) is 1. The second-order valence-corrected chi connectivity index (χ2v) is 8.21. The topological polar surface area (TPSA) is 96.3 Å². The lowest BCUT2D eigenvalue weighted by molar-refractivity contribution is -0.145. The molecule has 6 nitrogen and oxygen atoms in total. The molecular weight excluding hydrogens is 388 g/mol. The summed E-state index contributed by atoms with van der Waals surface area (Å²) >= 11 is 0. The van der Waals surface area contributed by atoms with E-state index in [-0.39, 0.29) is 10.5 Å². The minimum absolute atomic E-state index is 0.00650. The third kappa shape index (κ3) is 3.51. The van der Waals surface area contributed by atoms with E-state index in [9.17, 15) is 13.2 Å². The summed E-state index contributed by atoms with van der Waals surface area (Å²) in [4.78, 5) is 12.3. The molecule has 0 saturated heterocycles. The van der Waals surface area contributed by atoms with Crippen LogP contribution in [0.1, 0.15) is 22.8 Å². The van der Waals surface area contributed by atoms with Crippen LogP contribution in [0.2, 0.25) is 0 Å². The molecular formula is C22H16N2O4S. The molecule has 0 heterocycles. The van der Waals surface area contributed by atoms with Gasteiger partial charge in [-0.2, -0.15) is 9.98 Å². The second kappa shape index (κ2) is 7.51. The normalized spacial score (nSPS) is 12.7. The van der Waals surface area contributed by atoms with Gasteiger partial charge in [-0.25, -0.2) is 8.42 Å². The number of hydrogen-bond donors (Lipinski definition) is 1. The Morgan fingerprint density at radius 3 is 2.10 bits per heavy atom. The molecule has 3 aromatic carbocycles. The molecule has 0 amide bonds. The number of carbonyl (C=O) groups is 1. The van der Waals surface area contributed by atoms with E-state index in [4.69, 9.17) is 10.00 Å². The van der Waals surface area contributed by atoms with Gasteiger partial charge in [-0.3, -0.25) is 4.79 Å². The summed E-state index contributed by atoms with van der Waals surface area (Å²) in [6.07, 6.45) is -0.592. The molecule has 0 unspecified atom stereocenters. The van der Waals surface area contributed by atoms with E-state index >= 15 is 0 Å². The standard InChI is InChI=1S/C22H16N2O4S/c23-13-15-7-1-6-12-20(15)29(26,27)24-14-21(25)28-22-18-10-4-2-8-16(18)17-9-3-5-11-19(17)22/h1-12,22,24H,14H2. The largest absolute Gasteiger partial charge is 0.452 e. The van der Waals surface area contributed by atoms with Crippen LogP contribution in [0.15, 0.2) is 77.7 Å². The molecule has 0 spiro atoms. The Bertz CT molecular complexity index is 1200. The molecule has 0 radical (unpaired) electrons. The maximum atomic E-state index is 12.5. The molecule has 29 heavy (non-hydrogen) atoms. The zero-order chi connectivity index (χ0) is 20.4. The van der Waals surface area contributed by atoms with Crippen molar-refractivity contribution in [2.75, 3.05) is 6.54 Å². The van der Waals surface area contributed by atoms with Crippen molar-refractivity contribution in [1.29, 1.82) is 5.26 Å². The highest BCUT2D eigenvalue weighted by molar-refractivity contribution is 7.89. The Labute approximate surface area is 168 Å². The first-order valence-corrected chi connectivity index (χ1v) is 10.4. The monoisotopic (exact) mass is 404 g/mol. The van der Waals surface area contributed by atoms with E-state index in [0.29, 0.717) is 0 Å². The summed E-state index contributed by atoms with van der Waals surface area (Å²) in [5.41, 5.74) is 3.71. The van der Waals surface area contributed by atoms with E-state index in [1.54, 1.807) is 6.07 Å². The van der Waals surface area contributed by atoms with Gasteiger partial charge in [0, 0.05) is 11.1 Å². The maximum absolute atomic E-state index is 12.5. The summed E-state index contributed by atoms with van der Waals surface area (Å²) in [6.45, 7) is -0.539. The van der Waals surface area contributed by atoms with Gasteiger partial charge >= 0.3 is 5.97 Å². The highest BCUT2D eigenvalue weighted by Gasteiger charge is 2.31. The molecule has 0 atom stereocenters. The van der Waals surface area contributed by atoms with Crippen molar-refractivity contribution in [3.05, 3.63) is 89.5 Å². The van der Waals surface area contributed by atoms with Crippen molar-refractivity contribution >= 4 is 16.0 Å². The molecule has 1 aliphatic rings. The van der Waals surface area contributed by atoms with Crippen LogP contribution in [0.5, 0.6) is 0 Å². The number of benzene rings is 3. The van der Waals surface area contributed by atoms with Gasteiger partial charge in [0.1, 0.15) is 12.6 Å². The van der Waals surface area contributed by atoms with Gasteiger partial charge in [-0.1, -0.05) is 60.7 Å². The lowest BCUT2D eigenvalue weighted by Gasteiger charge is -2.15. The molecule has 0 aromatic heterocycles. The van der Waals surface area contributed by atoms with Crippen molar-refractivity contribution in [2.45, 2.75) is 11.0 Å². The number of ether oxygens (including phenoxy) is 1. The number of sulfonamides is 1. The number of rotatable bonds is 5. The van der Waals surface area contributed by atoms with Crippen LogP contribution in [0, 0.1) is 11.3 Å². The van der Waals surface area contributed by atoms with Gasteiger partial charge in [-0.05, 0) is 23.3 Å². The predicted molar refractivity (Wildman–Crippen MR) is 106 cm³/mol. The molecule has 144 valence electrons. The highest BCUT2D eigenvalue weighted by Crippen LogP contribution is 2.44. The van der Waals surface area contributed by atoms with Gasteiger partial charge in [0.25, 0.3) is 0 Å². The fraction of sp³-hybridized carbons (Fsp3) is 0.0909. The lowest BCUT2D eigenvalue weighted by Crippen LogP contribution is -2.31. The Hall–Kier alpha value is -3.47. The summed E-state index contributed by atoms with van der Waals surface area (Å²) in [6, 6.07) is 22.9. The zero-order valence-corrected chi connectivity index (χ0v) is 16.0. The minimum atomic E-state index is -4.03. The third-order valence-corrected chi connectivity index (χ3v) is 6.19. The van der Waals surface area contributed by atoms with Crippen LogP contribution < -0.4 is 4.72 Å². The van der Waals surface area contributed by atoms with Gasteiger partial charge in [-0.15, -0.1) is 0 Å². The molecule has 0 bridgehead atoms. The Kier molecular flexibility index (Phi) is 4.89. The molecule has 1 N–H and O–H groups in total. The minimum Gasteiger partial charge on any atom is -0.452 e. The van der Waals surface area contributed by atoms with Crippen LogP contribution >= 0.6 is 0 Å². The molecule has 1 aliphatic carbocycles. The SMILES string of the molecule is N#Cc1ccccc1S(=O)(=O)NCC(=O)OC1c2ccccc2-c2ccccc21. The number of nitriles is 1. The smallest absolute Gasteiger partial charge is 0.321 e. The summed E-state index contributed by atoms with van der Waals surface area (Å²) in [7, 11) is -4.03. The summed E-state index contributed by atoms with van der Waals surface area (Å²) in [5.74, 6) is -0.709. The van der Waals surface area contributed by atoms with Gasteiger partial charge < -0.3 is 4.74 Å². The Morgan fingerprint density at radius 1 is 0.931 bits per heavy atom. The Balaban J connectivity index is 1.52. The first-order chi connectivity index (χ1) is 14.0. The Morgan fingerprint density at radius 2 is 1.48 bits per heavy atom. The fourth-order valence-electron chi connectivity index (χ4n) is 3.43. The molecule has 0 fully saturated rings. The highest BCUT2D eigenvalue weighted by atomic mass is 32.2. The van der Waals surface area contributed by atoms with Crippen LogP contribution in [0.4, 0.5) is 0 Å². The van der Waals surface area contributed by atoms with E-state index in [0.717, 1.165) is 22.3 Å². The average molecular weight is 404 g/mol. The first-order valence-electron chi connectivity index (χ1n) is 8.88. The average Bonchev–Trinajstić information content (AvgIpc) is 3.06. The lowest BCUT2D eigenvalue weighted by atomic mass is 10.1. The van der Waals surface area contributed by atoms with Crippen molar-refractivity contribution in [2.24, 2.45) is 0 Å². The van der Waals surface area contributed by atoms with Crippen molar-refractivity contribution in [3.8, 4) is 17.2 Å². The number of hydrogen-bond acceptors (Lipinski definition) is 5. The molecule has 0 aliphatic heterocycles. The van der Waals surface area contributed by atoms with Crippen molar-refractivity contribution in [3.63, 3.8) is 0 Å². The van der Waals surface area contributed by atoms with E-state index in [2.05, 4.69) is 4.72 Å². The van der Waals surface area contributed by atoms with E-state index < -0.39 is 28.6 Å². The van der Waals surface area contributed by atoms with Crippen LogP contribution in [0.25, 0.3) is 11.1 Å². The quantitative estimate of drug-likeness (QED) is 0.659. The molecule has 7 heteroatoms. The zero-order valence-electron chi connectivity index (χ0n) is 15.2. The number of esters is 1. The summed E-state index contributed by atoms with van der Waals surface area (Å²) in [5, 5.41) is 9.10. The van der Waals surface area contributed by atoms with Gasteiger partial charge in [0.05, 0.1) is 10.5 Å². The van der Waals surface area contributed by atoms with E-state index in [1.807, 2.05) is 54.6 Å². The second-order valence-electron chi connectivity index (χ2n) is 6.48. The van der Waals surface area contributed by atoms with Crippen molar-refractivity contribution in [1.82, 2.24) is 4.72 Å². The van der Waals surface area contributed by atoms with Gasteiger partial charge in [0.15, 0.2) is 6.10 Å². The molecule has 0 saturated carbocycles. The predicted octanol–water partition coefficient (Wildman–Crippen LogP) is 3.15. The van der Waals surface area contributed by atoms with Crippen molar-refractivity contribution < 1.29 is 17.9 Å². The summed E-state index contributed by atoms with van der Waals surface area (Å²) < 4.78 is 32.8. The van der Waals surface area contributed by atoms with Crippen LogP contribution in [0.3, 0.4) is 0 Å². The maximum Gasteiger partial charge on any atom is 0.321 e. The first kappa shape index (κ1) is 18.9. The van der Waals surface area contributed by atoms with Crippen LogP contribution in [-0.2, 0) is 19.6 Å². The molecule has 4 rings (SSSR count). The third-order valence-electron chi connectivity index (χ3n) is 4.73. The number of carbonyl (C=O) groups excluding carboxylic acids is 1. The molecule has 3 aromatic rings. The number of nitrogens with zero attached hydrogens (tertiary/aromatic N) is 1.